The first-order valence-electron chi connectivity index (χ1n) is 9.34. The van der Waals surface area contributed by atoms with Crippen LogP contribution < -0.4 is 14.4 Å². The molecule has 1 amide bonds. The van der Waals surface area contributed by atoms with Crippen LogP contribution in [0.2, 0.25) is 0 Å². The molecule has 1 fully saturated rings. The normalized spacial score (nSPS) is 14.5. The highest BCUT2D eigenvalue weighted by Gasteiger charge is 2.40. The van der Waals surface area contributed by atoms with Gasteiger partial charge >= 0.3 is 5.97 Å². The number of esters is 1. The average Bonchev–Trinajstić information content (AvgIpc) is 3.02. The van der Waals surface area contributed by atoms with Crippen molar-refractivity contribution in [2.24, 2.45) is 0 Å². The van der Waals surface area contributed by atoms with Gasteiger partial charge in [-0.3, -0.25) is 14.5 Å². The molecule has 32 heavy (non-hydrogen) atoms. The Morgan fingerprint density at radius 1 is 1.22 bits per heavy atom. The smallest absolute Gasteiger partial charge is 0.325 e. The molecule has 0 aromatic heterocycles. The molecule has 1 saturated heterocycles. The van der Waals surface area contributed by atoms with Crippen LogP contribution in [0.3, 0.4) is 0 Å². The number of carbonyl (C=O) groups is 2. The van der Waals surface area contributed by atoms with Crippen molar-refractivity contribution in [2.45, 2.75) is 0 Å². The summed E-state index contributed by atoms with van der Waals surface area (Å²) in [6.45, 7) is -0.0698. The lowest BCUT2D eigenvalue weighted by Gasteiger charge is -2.19. The van der Waals surface area contributed by atoms with Crippen LogP contribution in [0.5, 0.6) is 11.5 Å². The zero-order valence-corrected chi connectivity index (χ0v) is 19.7. The molecule has 164 valence electrons. The zero-order valence-electron chi connectivity index (χ0n) is 17.3. The van der Waals surface area contributed by atoms with Crippen molar-refractivity contribution in [1.82, 2.24) is 4.90 Å². The second-order valence-corrected chi connectivity index (χ2v) is 7.72. The molecule has 0 radical (unpaired) electrons. The van der Waals surface area contributed by atoms with E-state index in [0.717, 1.165) is 0 Å². The van der Waals surface area contributed by atoms with E-state index in [4.69, 9.17) is 32.9 Å². The van der Waals surface area contributed by atoms with Crippen molar-refractivity contribution < 1.29 is 23.8 Å². The highest BCUT2D eigenvalue weighted by atomic mass is 79.9. The summed E-state index contributed by atoms with van der Waals surface area (Å²) in [5.41, 5.74) is 1.49. The second kappa shape index (κ2) is 10.3. The molecule has 0 atom stereocenters. The van der Waals surface area contributed by atoms with E-state index in [0.29, 0.717) is 27.2 Å². The number of terminal acetylenes is 1. The molecule has 0 bridgehead atoms. The molecule has 2 aromatic rings. The number of amides is 1. The number of thiocarbonyl (C=S) groups is 1. The number of ether oxygens (including phenoxy) is 3. The Labute approximate surface area is 199 Å². The Morgan fingerprint density at radius 2 is 1.94 bits per heavy atom. The standard InChI is InChI=1S/C23H19BrN2O5S/c1-4-11-31-20-10-5-15(12-18(20)24)13-19-22(28)26(16-6-8-17(29-2)9-7-16)23(32)25(19)14-21(27)30-3/h1,5-10,12-13H,11,14H2,2-3H3/b19-13-. The first-order valence-corrected chi connectivity index (χ1v) is 10.5. The van der Waals surface area contributed by atoms with Crippen molar-refractivity contribution in [3.63, 3.8) is 0 Å². The summed E-state index contributed by atoms with van der Waals surface area (Å²) in [5, 5.41) is 0.171. The number of nitrogens with zero attached hydrogens (tertiary/aromatic N) is 2. The van der Waals surface area contributed by atoms with Gasteiger partial charge in [0.15, 0.2) is 5.11 Å². The van der Waals surface area contributed by atoms with E-state index >= 15 is 0 Å². The molecular weight excluding hydrogens is 496 g/mol. The highest BCUT2D eigenvalue weighted by molar-refractivity contribution is 9.10. The quantitative estimate of drug-likeness (QED) is 0.242. The monoisotopic (exact) mass is 514 g/mol. The molecule has 0 saturated carbocycles. The van der Waals surface area contributed by atoms with Crippen LogP contribution in [-0.2, 0) is 14.3 Å². The van der Waals surface area contributed by atoms with Crippen molar-refractivity contribution in [2.75, 3.05) is 32.3 Å². The van der Waals surface area contributed by atoms with Crippen molar-refractivity contribution in [1.29, 1.82) is 0 Å². The fraction of sp³-hybridized carbons (Fsp3) is 0.174. The molecule has 0 spiro atoms. The minimum atomic E-state index is -0.526. The second-order valence-electron chi connectivity index (χ2n) is 6.50. The van der Waals surface area contributed by atoms with Gasteiger partial charge < -0.3 is 19.1 Å². The third-order valence-electron chi connectivity index (χ3n) is 4.55. The fourth-order valence-electron chi connectivity index (χ4n) is 2.99. The number of benzene rings is 2. The largest absolute Gasteiger partial charge is 0.497 e. The third-order valence-corrected chi connectivity index (χ3v) is 5.57. The summed E-state index contributed by atoms with van der Waals surface area (Å²) in [5.74, 6) is 2.73. The summed E-state index contributed by atoms with van der Waals surface area (Å²) in [6.07, 6.45) is 6.88. The summed E-state index contributed by atoms with van der Waals surface area (Å²) < 4.78 is 16.1. The molecule has 3 rings (SSSR count). The van der Waals surface area contributed by atoms with E-state index < -0.39 is 5.97 Å². The number of hydrogen-bond acceptors (Lipinski definition) is 6. The SMILES string of the molecule is C#CCOc1ccc(/C=C2/C(=O)N(c3ccc(OC)cc3)C(=S)N2CC(=O)OC)cc1Br. The van der Waals surface area contributed by atoms with Gasteiger partial charge in [0.05, 0.1) is 24.4 Å². The molecule has 0 unspecified atom stereocenters. The van der Waals surface area contributed by atoms with Crippen molar-refractivity contribution in [3.05, 3.63) is 58.2 Å². The van der Waals surface area contributed by atoms with Gasteiger partial charge in [0.25, 0.3) is 5.91 Å². The third kappa shape index (κ3) is 4.93. The lowest BCUT2D eigenvalue weighted by molar-refractivity contribution is -0.140. The van der Waals surface area contributed by atoms with Crippen LogP contribution in [0, 0.1) is 12.3 Å². The molecular formula is C23H19BrN2O5S. The Bertz CT molecular complexity index is 1120. The number of carbonyl (C=O) groups excluding carboxylic acids is 2. The Morgan fingerprint density at radius 3 is 2.53 bits per heavy atom. The topological polar surface area (TPSA) is 68.3 Å². The zero-order chi connectivity index (χ0) is 23.3. The van der Waals surface area contributed by atoms with Gasteiger partial charge in [-0.05, 0) is 76.2 Å². The van der Waals surface area contributed by atoms with E-state index in [1.54, 1.807) is 55.7 Å². The number of halogens is 1. The maximum atomic E-state index is 13.3. The number of anilines is 1. The van der Waals surface area contributed by atoms with E-state index in [1.807, 2.05) is 0 Å². The molecule has 0 aliphatic carbocycles. The summed E-state index contributed by atoms with van der Waals surface area (Å²) >= 11 is 8.98. The van der Waals surface area contributed by atoms with Crippen LogP contribution in [0.4, 0.5) is 5.69 Å². The van der Waals surface area contributed by atoms with Gasteiger partial charge in [-0.15, -0.1) is 6.42 Å². The minimum Gasteiger partial charge on any atom is -0.497 e. The molecule has 9 heteroatoms. The average molecular weight is 515 g/mol. The van der Waals surface area contributed by atoms with Crippen LogP contribution in [0.1, 0.15) is 5.56 Å². The van der Waals surface area contributed by atoms with E-state index in [9.17, 15) is 9.59 Å². The van der Waals surface area contributed by atoms with Crippen LogP contribution in [0.15, 0.2) is 52.6 Å². The predicted octanol–water partition coefficient (Wildman–Crippen LogP) is 3.62. The number of hydrogen-bond donors (Lipinski definition) is 0. The molecule has 1 heterocycles. The van der Waals surface area contributed by atoms with Crippen LogP contribution >= 0.6 is 28.1 Å². The molecule has 1 aliphatic heterocycles. The molecule has 7 nitrogen and oxygen atoms in total. The van der Waals surface area contributed by atoms with Crippen molar-refractivity contribution >= 4 is 56.9 Å². The van der Waals surface area contributed by atoms with Gasteiger partial charge in [0.1, 0.15) is 30.3 Å². The van der Waals surface area contributed by atoms with E-state index in [2.05, 4.69) is 21.9 Å². The van der Waals surface area contributed by atoms with Crippen LogP contribution in [0.25, 0.3) is 6.08 Å². The Hall–Kier alpha value is -3.35. The lowest BCUT2D eigenvalue weighted by atomic mass is 10.1. The highest BCUT2D eigenvalue weighted by Crippen LogP contribution is 2.32. The Balaban J connectivity index is 1.99. The van der Waals surface area contributed by atoms with Gasteiger partial charge in [0.2, 0.25) is 0 Å². The van der Waals surface area contributed by atoms with Gasteiger partial charge in [-0.2, -0.15) is 0 Å². The fourth-order valence-corrected chi connectivity index (χ4v) is 3.85. The summed E-state index contributed by atoms with van der Waals surface area (Å²) in [6, 6.07) is 12.2. The summed E-state index contributed by atoms with van der Waals surface area (Å²) in [7, 11) is 2.83. The van der Waals surface area contributed by atoms with Gasteiger partial charge in [-0.25, -0.2) is 0 Å². The Kier molecular flexibility index (Phi) is 7.51. The van der Waals surface area contributed by atoms with Gasteiger partial charge in [0, 0.05) is 0 Å². The lowest BCUT2D eigenvalue weighted by Crippen LogP contribution is -2.35. The minimum absolute atomic E-state index is 0.134. The maximum absolute atomic E-state index is 13.3. The predicted molar refractivity (Wildman–Crippen MR) is 128 cm³/mol. The summed E-state index contributed by atoms with van der Waals surface area (Å²) in [4.78, 5) is 28.2. The first kappa shape index (κ1) is 23.3. The maximum Gasteiger partial charge on any atom is 0.325 e. The van der Waals surface area contributed by atoms with E-state index in [-0.39, 0.29) is 29.9 Å². The molecule has 0 N–H and O–H groups in total. The van der Waals surface area contributed by atoms with Crippen molar-refractivity contribution in [3.8, 4) is 23.8 Å². The van der Waals surface area contributed by atoms with E-state index in [1.165, 1.54) is 16.9 Å². The molecule has 2 aromatic carbocycles. The van der Waals surface area contributed by atoms with Crippen LogP contribution in [-0.4, -0.2) is 49.3 Å². The molecule has 1 aliphatic rings. The number of methoxy groups -OCH3 is 2. The number of rotatable bonds is 7. The van der Waals surface area contributed by atoms with Gasteiger partial charge in [-0.1, -0.05) is 12.0 Å². The first-order chi connectivity index (χ1) is 15.4.